The van der Waals surface area contributed by atoms with E-state index in [2.05, 4.69) is 5.32 Å². The van der Waals surface area contributed by atoms with Crippen molar-refractivity contribution < 1.29 is 9.18 Å². The van der Waals surface area contributed by atoms with Crippen LogP contribution in [0, 0.1) is 5.82 Å². The normalized spacial score (nSPS) is 10.7. The Morgan fingerprint density at radius 2 is 2.00 bits per heavy atom. The Balaban J connectivity index is 1.60. The van der Waals surface area contributed by atoms with Gasteiger partial charge in [0.15, 0.2) is 0 Å². The highest BCUT2D eigenvalue weighted by Crippen LogP contribution is 2.12. The third-order valence-corrected chi connectivity index (χ3v) is 4.48. The molecule has 23 heavy (non-hydrogen) atoms. The number of thiophene rings is 1. The van der Waals surface area contributed by atoms with E-state index >= 15 is 0 Å². The van der Waals surface area contributed by atoms with E-state index < -0.39 is 0 Å². The zero-order chi connectivity index (χ0) is 16.1. The van der Waals surface area contributed by atoms with Crippen molar-refractivity contribution in [3.8, 4) is 0 Å². The molecule has 0 aliphatic rings. The average molecular weight is 328 g/mol. The molecule has 0 radical (unpaired) electrons. The molecule has 1 amide bonds. The molecule has 0 atom stereocenters. The third kappa shape index (κ3) is 4.07. The Morgan fingerprint density at radius 3 is 2.78 bits per heavy atom. The van der Waals surface area contributed by atoms with E-state index in [1.165, 1.54) is 6.07 Å². The van der Waals surface area contributed by atoms with Crippen molar-refractivity contribution in [3.05, 3.63) is 82.1 Å². The van der Waals surface area contributed by atoms with Crippen LogP contribution in [-0.2, 0) is 24.3 Å². The van der Waals surface area contributed by atoms with Gasteiger partial charge in [-0.25, -0.2) is 4.39 Å². The van der Waals surface area contributed by atoms with Crippen LogP contribution in [-0.4, -0.2) is 10.5 Å². The van der Waals surface area contributed by atoms with Crippen LogP contribution < -0.4 is 5.32 Å². The van der Waals surface area contributed by atoms with Gasteiger partial charge in [0.05, 0.1) is 19.5 Å². The number of nitrogens with zero attached hydrogens (tertiary/aromatic N) is 1. The molecule has 0 fully saturated rings. The first kappa shape index (κ1) is 15.5. The Bertz CT molecular complexity index is 780. The summed E-state index contributed by atoms with van der Waals surface area (Å²) in [5.41, 5.74) is 1.59. The molecule has 0 saturated carbocycles. The van der Waals surface area contributed by atoms with E-state index in [1.807, 2.05) is 46.5 Å². The number of hydrogen-bond donors (Lipinski definition) is 1. The summed E-state index contributed by atoms with van der Waals surface area (Å²) in [6.07, 6.45) is 2.29. The summed E-state index contributed by atoms with van der Waals surface area (Å²) in [4.78, 5) is 13.0. The molecule has 0 spiro atoms. The standard InChI is InChI=1S/C18H17FN2OS/c19-17-8-2-1-5-14(17)13-21-9-3-6-15(21)12-20-18(22)11-16-7-4-10-23-16/h1-10H,11-13H2,(H,20,22). The summed E-state index contributed by atoms with van der Waals surface area (Å²) >= 11 is 1.57. The van der Waals surface area contributed by atoms with E-state index in [-0.39, 0.29) is 11.7 Å². The molecule has 2 aromatic heterocycles. The molecule has 2 heterocycles. The van der Waals surface area contributed by atoms with Gasteiger partial charge in [-0.3, -0.25) is 4.79 Å². The van der Waals surface area contributed by atoms with Gasteiger partial charge in [0.25, 0.3) is 0 Å². The Morgan fingerprint density at radius 1 is 1.13 bits per heavy atom. The maximum atomic E-state index is 13.8. The van der Waals surface area contributed by atoms with Crippen molar-refractivity contribution in [2.45, 2.75) is 19.5 Å². The van der Waals surface area contributed by atoms with Gasteiger partial charge in [0.1, 0.15) is 5.82 Å². The molecule has 1 aromatic carbocycles. The van der Waals surface area contributed by atoms with Gasteiger partial charge in [-0.05, 0) is 29.6 Å². The van der Waals surface area contributed by atoms with E-state index in [1.54, 1.807) is 23.5 Å². The second kappa shape index (κ2) is 7.24. The summed E-state index contributed by atoms with van der Waals surface area (Å²) in [6, 6.07) is 14.5. The van der Waals surface area contributed by atoms with Crippen LogP contribution in [0.5, 0.6) is 0 Å². The minimum atomic E-state index is -0.214. The minimum absolute atomic E-state index is 0.00825. The zero-order valence-corrected chi connectivity index (χ0v) is 13.4. The molecule has 0 unspecified atom stereocenters. The highest BCUT2D eigenvalue weighted by molar-refractivity contribution is 7.10. The minimum Gasteiger partial charge on any atom is -0.350 e. The predicted molar refractivity (Wildman–Crippen MR) is 89.8 cm³/mol. The van der Waals surface area contributed by atoms with Crippen LogP contribution in [0.4, 0.5) is 4.39 Å². The SMILES string of the molecule is O=C(Cc1cccs1)NCc1cccn1Cc1ccccc1F. The summed E-state index contributed by atoms with van der Waals surface area (Å²) in [5.74, 6) is -0.222. The quantitative estimate of drug-likeness (QED) is 0.737. The molecule has 0 saturated heterocycles. The summed E-state index contributed by atoms with van der Waals surface area (Å²) in [6.45, 7) is 0.890. The van der Waals surface area contributed by atoms with E-state index in [9.17, 15) is 9.18 Å². The van der Waals surface area contributed by atoms with Crippen LogP contribution in [0.2, 0.25) is 0 Å². The van der Waals surface area contributed by atoms with Gasteiger partial charge >= 0.3 is 0 Å². The van der Waals surface area contributed by atoms with Gasteiger partial charge in [-0.1, -0.05) is 24.3 Å². The molecule has 0 aliphatic carbocycles. The van der Waals surface area contributed by atoms with Crippen LogP contribution in [0.15, 0.2) is 60.1 Å². The van der Waals surface area contributed by atoms with Crippen LogP contribution >= 0.6 is 11.3 Å². The van der Waals surface area contributed by atoms with Gasteiger partial charge < -0.3 is 9.88 Å². The Kier molecular flexibility index (Phi) is 4.88. The highest BCUT2D eigenvalue weighted by Gasteiger charge is 2.08. The summed E-state index contributed by atoms with van der Waals surface area (Å²) in [5, 5.41) is 4.88. The number of carbonyl (C=O) groups excluding carboxylic acids is 1. The average Bonchev–Trinajstić information content (AvgIpc) is 3.19. The number of benzene rings is 1. The number of rotatable bonds is 6. The lowest BCUT2D eigenvalue weighted by atomic mass is 10.2. The zero-order valence-electron chi connectivity index (χ0n) is 12.5. The third-order valence-electron chi connectivity index (χ3n) is 3.60. The Labute approximate surface area is 138 Å². The predicted octanol–water partition coefficient (Wildman–Crippen LogP) is 3.60. The van der Waals surface area contributed by atoms with Crippen LogP contribution in [0.25, 0.3) is 0 Å². The second-order valence-corrected chi connectivity index (χ2v) is 6.28. The monoisotopic (exact) mass is 328 g/mol. The van der Waals surface area contributed by atoms with Gasteiger partial charge in [0, 0.05) is 22.3 Å². The maximum absolute atomic E-state index is 13.8. The van der Waals surface area contributed by atoms with E-state index in [0.717, 1.165) is 10.6 Å². The van der Waals surface area contributed by atoms with Crippen LogP contribution in [0.3, 0.4) is 0 Å². The van der Waals surface area contributed by atoms with E-state index in [4.69, 9.17) is 0 Å². The van der Waals surface area contributed by atoms with Crippen molar-refractivity contribution in [3.63, 3.8) is 0 Å². The maximum Gasteiger partial charge on any atom is 0.225 e. The number of nitrogens with one attached hydrogen (secondary N) is 1. The number of carbonyl (C=O) groups is 1. The molecule has 0 aliphatic heterocycles. The first-order valence-electron chi connectivity index (χ1n) is 7.39. The molecule has 3 nitrogen and oxygen atoms in total. The molecular weight excluding hydrogens is 311 g/mol. The first-order valence-corrected chi connectivity index (χ1v) is 8.27. The van der Waals surface area contributed by atoms with Crippen molar-refractivity contribution in [1.29, 1.82) is 0 Å². The molecule has 0 bridgehead atoms. The smallest absolute Gasteiger partial charge is 0.225 e. The molecule has 3 rings (SSSR count). The number of hydrogen-bond acceptors (Lipinski definition) is 2. The van der Waals surface area contributed by atoms with Crippen molar-refractivity contribution in [1.82, 2.24) is 9.88 Å². The summed E-state index contributed by atoms with van der Waals surface area (Å²) < 4.78 is 15.7. The molecule has 3 aromatic rings. The topological polar surface area (TPSA) is 34.0 Å². The Hall–Kier alpha value is -2.40. The second-order valence-electron chi connectivity index (χ2n) is 5.25. The van der Waals surface area contributed by atoms with Gasteiger partial charge in [-0.15, -0.1) is 11.3 Å². The number of halogens is 1. The lowest BCUT2D eigenvalue weighted by Crippen LogP contribution is -2.25. The van der Waals surface area contributed by atoms with Gasteiger partial charge in [-0.2, -0.15) is 0 Å². The fourth-order valence-electron chi connectivity index (χ4n) is 2.40. The fourth-order valence-corrected chi connectivity index (χ4v) is 3.10. The lowest BCUT2D eigenvalue weighted by Gasteiger charge is -2.11. The first-order chi connectivity index (χ1) is 11.2. The van der Waals surface area contributed by atoms with Crippen molar-refractivity contribution >= 4 is 17.2 Å². The molecule has 1 N–H and O–H groups in total. The molecule has 5 heteroatoms. The lowest BCUT2D eigenvalue weighted by molar-refractivity contribution is -0.120. The highest BCUT2D eigenvalue weighted by atomic mass is 32.1. The van der Waals surface area contributed by atoms with Crippen LogP contribution in [0.1, 0.15) is 16.1 Å². The number of amides is 1. The molecular formula is C18H17FN2OS. The largest absolute Gasteiger partial charge is 0.350 e. The molecule has 118 valence electrons. The number of aromatic nitrogens is 1. The van der Waals surface area contributed by atoms with Crippen molar-refractivity contribution in [2.75, 3.05) is 0 Å². The van der Waals surface area contributed by atoms with E-state index in [0.29, 0.717) is 25.1 Å². The summed E-state index contributed by atoms with van der Waals surface area (Å²) in [7, 11) is 0. The van der Waals surface area contributed by atoms with Gasteiger partial charge in [0.2, 0.25) is 5.91 Å². The fraction of sp³-hybridized carbons (Fsp3) is 0.167. The van der Waals surface area contributed by atoms with Crippen molar-refractivity contribution in [2.24, 2.45) is 0 Å².